The van der Waals surface area contributed by atoms with Gasteiger partial charge in [0.1, 0.15) is 0 Å². The fourth-order valence-corrected chi connectivity index (χ4v) is 6.39. The number of nitrogens with two attached hydrogens (primary N) is 2. The third-order valence-corrected chi connectivity index (χ3v) is 8.61. The number of para-hydroxylation sites is 1. The molecule has 0 aliphatic heterocycles. The van der Waals surface area contributed by atoms with Gasteiger partial charge in [0, 0.05) is 33.1 Å². The van der Waals surface area contributed by atoms with Crippen LogP contribution in [0, 0.1) is 18.3 Å². The highest BCUT2D eigenvalue weighted by Crippen LogP contribution is 2.52. The average molecular weight is 600 g/mol. The fourth-order valence-electron chi connectivity index (χ4n) is 6.39. The van der Waals surface area contributed by atoms with Crippen LogP contribution in [0.15, 0.2) is 140 Å². The van der Waals surface area contributed by atoms with E-state index in [0.29, 0.717) is 11.3 Å². The first-order chi connectivity index (χ1) is 22.3. The number of rotatable bonds is 2. The Balaban J connectivity index is 0.000000190. The molecule has 0 spiro atoms. The summed E-state index contributed by atoms with van der Waals surface area (Å²) in [5, 5.41) is 10.9. The Kier molecular flexibility index (Phi) is 8.31. The summed E-state index contributed by atoms with van der Waals surface area (Å²) in [5.41, 5.74) is 20.6. The highest BCUT2D eigenvalue weighted by Gasteiger charge is 2.37. The van der Waals surface area contributed by atoms with E-state index in [1.54, 1.807) is 24.3 Å². The second kappa shape index (κ2) is 12.6. The average Bonchev–Trinajstić information content (AvgIpc) is 3.55. The molecule has 7 aromatic rings. The number of nitriles is 1. The minimum Gasteiger partial charge on any atom is -0.399 e. The number of benzene rings is 6. The third kappa shape index (κ3) is 5.59. The zero-order valence-corrected chi connectivity index (χ0v) is 26.3. The predicted octanol–water partition coefficient (Wildman–Crippen LogP) is 9.51. The number of aryl methyl sites for hydroxylation is 1. The zero-order chi connectivity index (χ0) is 32.3. The first-order valence-electron chi connectivity index (χ1n) is 15.3. The van der Waals surface area contributed by atoms with E-state index in [1.807, 2.05) is 36.4 Å². The SMILES string of the molecule is CC1(C)c2ccccc2-c2c1ccc1c3ccccc3n(-c3cccc(NN)c3)c21.Cc1ccccc1.N#Cc1cccc(N)c1. The molecule has 5 N–H and O–H groups in total. The monoisotopic (exact) mass is 599 g/mol. The Morgan fingerprint density at radius 2 is 1.41 bits per heavy atom. The van der Waals surface area contributed by atoms with Crippen LogP contribution in [0.25, 0.3) is 38.6 Å². The number of nitrogens with one attached hydrogen (secondary N) is 1. The normalized spacial score (nSPS) is 12.2. The molecule has 46 heavy (non-hydrogen) atoms. The van der Waals surface area contributed by atoms with Crippen molar-refractivity contribution in [2.75, 3.05) is 11.2 Å². The number of nitrogens with zero attached hydrogens (tertiary/aromatic N) is 2. The van der Waals surface area contributed by atoms with Crippen LogP contribution in [0.1, 0.15) is 36.1 Å². The summed E-state index contributed by atoms with van der Waals surface area (Å²) in [4.78, 5) is 0. The molecular formula is C41H37N5. The number of anilines is 2. The van der Waals surface area contributed by atoms with Crippen LogP contribution < -0.4 is 17.0 Å². The van der Waals surface area contributed by atoms with Crippen molar-refractivity contribution in [1.82, 2.24) is 4.57 Å². The lowest BCUT2D eigenvalue weighted by molar-refractivity contribution is 0.661. The maximum atomic E-state index is 8.36. The van der Waals surface area contributed by atoms with Gasteiger partial charge in [0.25, 0.3) is 0 Å². The van der Waals surface area contributed by atoms with Gasteiger partial charge in [-0.2, -0.15) is 5.26 Å². The Hall–Kier alpha value is -5.83. The lowest BCUT2D eigenvalue weighted by Crippen LogP contribution is -2.14. The maximum absolute atomic E-state index is 8.36. The number of hydrogen-bond donors (Lipinski definition) is 3. The predicted molar refractivity (Wildman–Crippen MR) is 193 cm³/mol. The van der Waals surface area contributed by atoms with Crippen LogP contribution in [0.2, 0.25) is 0 Å². The Bertz CT molecular complexity index is 2200. The number of nitrogen functional groups attached to an aromatic ring is 2. The van der Waals surface area contributed by atoms with Crippen LogP contribution in [0.5, 0.6) is 0 Å². The van der Waals surface area contributed by atoms with Crippen molar-refractivity contribution in [1.29, 1.82) is 5.26 Å². The molecule has 1 aliphatic rings. The van der Waals surface area contributed by atoms with Gasteiger partial charge in [-0.05, 0) is 66.1 Å². The smallest absolute Gasteiger partial charge is 0.0992 e. The summed E-state index contributed by atoms with van der Waals surface area (Å²) < 4.78 is 2.39. The van der Waals surface area contributed by atoms with Crippen LogP contribution in [-0.2, 0) is 5.41 Å². The van der Waals surface area contributed by atoms with Crippen LogP contribution in [-0.4, -0.2) is 4.57 Å². The molecule has 6 aromatic carbocycles. The van der Waals surface area contributed by atoms with Gasteiger partial charge in [-0.25, -0.2) is 0 Å². The second-order valence-corrected chi connectivity index (χ2v) is 12.0. The summed E-state index contributed by atoms with van der Waals surface area (Å²) in [7, 11) is 0. The van der Waals surface area contributed by atoms with Gasteiger partial charge in [0.15, 0.2) is 0 Å². The molecule has 0 bridgehead atoms. The molecule has 226 valence electrons. The van der Waals surface area contributed by atoms with Gasteiger partial charge < -0.3 is 15.7 Å². The lowest BCUT2D eigenvalue weighted by atomic mass is 9.82. The van der Waals surface area contributed by atoms with Crippen LogP contribution >= 0.6 is 0 Å². The molecular weight excluding hydrogens is 562 g/mol. The van der Waals surface area contributed by atoms with E-state index < -0.39 is 0 Å². The maximum Gasteiger partial charge on any atom is 0.0992 e. The second-order valence-electron chi connectivity index (χ2n) is 12.0. The first-order valence-corrected chi connectivity index (χ1v) is 15.3. The first kappa shape index (κ1) is 30.2. The standard InChI is InChI=1S/C27H23N3.C7H6N2.C7H8/c1-27(2)22-12-5-3-11-21(22)25-23(27)15-14-20-19-10-4-6-13-24(19)30(26(20)25)18-9-7-8-17(16-18)29-28;8-5-6-2-1-3-7(9)4-6;1-7-5-3-2-4-6-7/h3-16,29H,28H2,1-2H3;1-4H,9H2;2-6H,1H3. The van der Waals surface area contributed by atoms with E-state index in [0.717, 1.165) is 11.4 Å². The third-order valence-electron chi connectivity index (χ3n) is 8.61. The molecule has 0 amide bonds. The van der Waals surface area contributed by atoms with E-state index in [4.69, 9.17) is 16.8 Å². The topological polar surface area (TPSA) is 92.8 Å². The summed E-state index contributed by atoms with van der Waals surface area (Å²) in [6.45, 7) is 6.74. The molecule has 0 unspecified atom stereocenters. The van der Waals surface area contributed by atoms with Gasteiger partial charge in [0.2, 0.25) is 0 Å². The van der Waals surface area contributed by atoms with Gasteiger partial charge in [-0.1, -0.05) is 116 Å². The van der Waals surface area contributed by atoms with Crippen LogP contribution in [0.3, 0.4) is 0 Å². The Labute approximate surface area is 270 Å². The molecule has 0 saturated carbocycles. The summed E-state index contributed by atoms with van der Waals surface area (Å²) in [6, 6.07) is 49.5. The number of fused-ring (bicyclic) bond motifs is 7. The molecule has 0 radical (unpaired) electrons. The van der Waals surface area contributed by atoms with Crippen molar-refractivity contribution in [3.8, 4) is 22.9 Å². The van der Waals surface area contributed by atoms with Crippen molar-refractivity contribution in [3.05, 3.63) is 162 Å². The molecule has 0 saturated heterocycles. The largest absolute Gasteiger partial charge is 0.399 e. The van der Waals surface area contributed by atoms with E-state index in [2.05, 4.69) is 116 Å². The molecule has 1 heterocycles. The molecule has 1 aromatic heterocycles. The van der Waals surface area contributed by atoms with E-state index in [1.165, 1.54) is 49.6 Å². The molecule has 8 rings (SSSR count). The minimum atomic E-state index is -0.0257. The molecule has 5 heteroatoms. The van der Waals surface area contributed by atoms with Crippen molar-refractivity contribution >= 4 is 33.2 Å². The number of aromatic nitrogens is 1. The summed E-state index contributed by atoms with van der Waals surface area (Å²) >= 11 is 0. The molecule has 0 fully saturated rings. The quantitative estimate of drug-likeness (QED) is 0.105. The van der Waals surface area contributed by atoms with Crippen molar-refractivity contribution in [3.63, 3.8) is 0 Å². The highest BCUT2D eigenvalue weighted by molar-refractivity contribution is 6.15. The lowest BCUT2D eigenvalue weighted by Gasteiger charge is -2.21. The Morgan fingerprint density at radius 1 is 0.696 bits per heavy atom. The van der Waals surface area contributed by atoms with Gasteiger partial charge >= 0.3 is 0 Å². The van der Waals surface area contributed by atoms with Crippen molar-refractivity contribution < 1.29 is 0 Å². The molecule has 0 atom stereocenters. The van der Waals surface area contributed by atoms with Gasteiger partial charge in [-0.3, -0.25) is 5.84 Å². The molecule has 5 nitrogen and oxygen atoms in total. The summed E-state index contributed by atoms with van der Waals surface area (Å²) in [6.07, 6.45) is 0. The fraction of sp³-hybridized carbons (Fsp3) is 0.0976. The minimum absolute atomic E-state index is 0.0257. The van der Waals surface area contributed by atoms with Crippen molar-refractivity contribution in [2.45, 2.75) is 26.2 Å². The van der Waals surface area contributed by atoms with Crippen LogP contribution in [0.4, 0.5) is 11.4 Å². The van der Waals surface area contributed by atoms with E-state index in [-0.39, 0.29) is 5.41 Å². The number of hydrazine groups is 1. The van der Waals surface area contributed by atoms with Crippen molar-refractivity contribution in [2.24, 2.45) is 5.84 Å². The zero-order valence-electron chi connectivity index (χ0n) is 26.3. The molecule has 1 aliphatic carbocycles. The van der Waals surface area contributed by atoms with E-state index in [9.17, 15) is 0 Å². The highest BCUT2D eigenvalue weighted by atomic mass is 15.2. The van der Waals surface area contributed by atoms with Gasteiger partial charge in [0.05, 0.1) is 28.4 Å². The summed E-state index contributed by atoms with van der Waals surface area (Å²) in [5.74, 6) is 5.73. The number of hydrogen-bond acceptors (Lipinski definition) is 4. The Morgan fingerprint density at radius 3 is 2.11 bits per heavy atom. The van der Waals surface area contributed by atoms with Gasteiger partial charge in [-0.15, -0.1) is 0 Å². The van der Waals surface area contributed by atoms with E-state index >= 15 is 0 Å².